The molecule has 0 aliphatic heterocycles. The number of thiol groups is 1. The van der Waals surface area contributed by atoms with Crippen LogP contribution in [-0.4, -0.2) is 25.0 Å². The summed E-state index contributed by atoms with van der Waals surface area (Å²) in [4.78, 5) is 0.999. The van der Waals surface area contributed by atoms with Gasteiger partial charge in [-0.3, -0.25) is 0 Å². The van der Waals surface area contributed by atoms with Crippen LogP contribution in [0.2, 0.25) is 0 Å². The number of rotatable bonds is 8. The second-order valence-electron chi connectivity index (χ2n) is 9.01. The predicted molar refractivity (Wildman–Crippen MR) is 125 cm³/mol. The second kappa shape index (κ2) is 12.9. The Hall–Kier alpha value is -0.520. The highest BCUT2D eigenvalue weighted by molar-refractivity contribution is 7.92. The molecule has 1 fully saturated rings. The Morgan fingerprint density at radius 2 is 1.46 bits per heavy atom. The second-order valence-corrected chi connectivity index (χ2v) is 12.4. The highest BCUT2D eigenvalue weighted by Crippen LogP contribution is 2.18. The monoisotopic (exact) mass is 427 g/mol. The fraction of sp³-hybridized carbons (Fsp3) is 0.739. The third kappa shape index (κ3) is 10.9. The molecular weight excluding hydrogens is 386 g/mol. The number of nitrogens with two attached hydrogens (primary N) is 1. The molecule has 0 spiro atoms. The average Bonchev–Trinajstić information content (AvgIpc) is 2.62. The topological polar surface area (TPSA) is 60.2 Å². The molecular formula is C23H41NO2S2. The molecule has 0 radical (unpaired) electrons. The van der Waals surface area contributed by atoms with Crippen LogP contribution in [0.3, 0.4) is 0 Å². The van der Waals surface area contributed by atoms with E-state index in [9.17, 15) is 8.42 Å². The van der Waals surface area contributed by atoms with Crippen LogP contribution in [0.1, 0.15) is 90.5 Å². The van der Waals surface area contributed by atoms with Crippen LogP contribution < -0.4 is 5.73 Å². The minimum atomic E-state index is -2.94. The van der Waals surface area contributed by atoms with Gasteiger partial charge >= 0.3 is 0 Å². The molecule has 0 heterocycles. The molecule has 28 heavy (non-hydrogen) atoms. The molecule has 1 aliphatic rings. The van der Waals surface area contributed by atoms with Gasteiger partial charge in [0.2, 0.25) is 0 Å². The maximum absolute atomic E-state index is 11.9. The molecule has 1 saturated carbocycles. The van der Waals surface area contributed by atoms with E-state index in [1.165, 1.54) is 37.7 Å². The van der Waals surface area contributed by atoms with Crippen LogP contribution in [0.5, 0.6) is 0 Å². The van der Waals surface area contributed by atoms with Crippen molar-refractivity contribution in [2.45, 2.75) is 107 Å². The van der Waals surface area contributed by atoms with Crippen LogP contribution in [-0.2, 0) is 16.3 Å². The average molecular weight is 428 g/mol. The lowest BCUT2D eigenvalue weighted by Crippen LogP contribution is -2.30. The summed E-state index contributed by atoms with van der Waals surface area (Å²) >= 11 is 4.27. The van der Waals surface area contributed by atoms with Crippen molar-refractivity contribution < 1.29 is 8.42 Å². The molecule has 0 bridgehead atoms. The molecule has 0 aromatic heterocycles. The molecule has 5 heteroatoms. The third-order valence-electron chi connectivity index (χ3n) is 5.40. The molecule has 1 aromatic rings. The summed E-state index contributed by atoms with van der Waals surface area (Å²) in [5.74, 6) is 0.319. The van der Waals surface area contributed by atoms with E-state index in [0.717, 1.165) is 43.4 Å². The first-order chi connectivity index (χ1) is 13.1. The Labute approximate surface area is 179 Å². The minimum Gasteiger partial charge on any atom is -0.328 e. The number of sulfone groups is 1. The highest BCUT2D eigenvalue weighted by Gasteiger charge is 2.27. The van der Waals surface area contributed by atoms with E-state index in [1.807, 2.05) is 12.1 Å². The Balaban J connectivity index is 0.000000467. The first kappa shape index (κ1) is 25.5. The van der Waals surface area contributed by atoms with Crippen molar-refractivity contribution in [2.75, 3.05) is 5.75 Å². The molecule has 2 N–H and O–H groups in total. The molecule has 1 aromatic carbocycles. The van der Waals surface area contributed by atoms with Gasteiger partial charge in [-0.1, -0.05) is 50.7 Å². The van der Waals surface area contributed by atoms with Crippen LogP contribution in [0.15, 0.2) is 29.2 Å². The van der Waals surface area contributed by atoms with Gasteiger partial charge in [0.1, 0.15) is 0 Å². The van der Waals surface area contributed by atoms with E-state index in [1.54, 1.807) is 20.8 Å². The van der Waals surface area contributed by atoms with E-state index in [4.69, 9.17) is 5.73 Å². The van der Waals surface area contributed by atoms with E-state index < -0.39 is 14.6 Å². The van der Waals surface area contributed by atoms with Crippen molar-refractivity contribution >= 4 is 22.5 Å². The third-order valence-corrected chi connectivity index (χ3v) is 8.39. The van der Waals surface area contributed by atoms with E-state index in [-0.39, 0.29) is 0 Å². The fourth-order valence-electron chi connectivity index (χ4n) is 3.25. The number of hydrogen-bond donors (Lipinski definition) is 2. The van der Waals surface area contributed by atoms with Crippen LogP contribution in [0.4, 0.5) is 0 Å². The van der Waals surface area contributed by atoms with Crippen molar-refractivity contribution in [3.63, 3.8) is 0 Å². The molecule has 0 saturated heterocycles. The summed E-state index contributed by atoms with van der Waals surface area (Å²) in [5.41, 5.74) is 6.98. The maximum atomic E-state index is 11.9. The molecule has 3 nitrogen and oxygen atoms in total. The number of unbranched alkanes of at least 4 members (excludes halogenated alkanes) is 4. The Morgan fingerprint density at radius 1 is 0.929 bits per heavy atom. The van der Waals surface area contributed by atoms with Crippen molar-refractivity contribution in [1.82, 2.24) is 0 Å². The van der Waals surface area contributed by atoms with Gasteiger partial charge in [-0.15, -0.1) is 12.6 Å². The van der Waals surface area contributed by atoms with Crippen molar-refractivity contribution in [3.8, 4) is 0 Å². The zero-order valence-corrected chi connectivity index (χ0v) is 19.8. The molecule has 162 valence electrons. The van der Waals surface area contributed by atoms with Crippen molar-refractivity contribution in [1.29, 1.82) is 0 Å². The maximum Gasteiger partial charge on any atom is 0.155 e. The SMILES string of the molecule is CC(C)(C)S(=O)(=O)CCCCCCCc1ccc(S)cc1.NC1CCCCC1. The summed E-state index contributed by atoms with van der Waals surface area (Å²) in [6.07, 6.45) is 13.0. The normalized spacial score (nSPS) is 15.8. The lowest BCUT2D eigenvalue weighted by molar-refractivity contribution is 0.441. The number of benzene rings is 1. The van der Waals surface area contributed by atoms with Gasteiger partial charge in [-0.05, 0) is 70.6 Å². The first-order valence-electron chi connectivity index (χ1n) is 10.9. The number of hydrogen-bond acceptors (Lipinski definition) is 4. The van der Waals surface area contributed by atoms with E-state index in [0.29, 0.717) is 11.8 Å². The molecule has 0 atom stereocenters. The van der Waals surface area contributed by atoms with Crippen LogP contribution >= 0.6 is 12.6 Å². The minimum absolute atomic E-state index is 0.319. The van der Waals surface area contributed by atoms with Crippen LogP contribution in [0, 0.1) is 0 Å². The Bertz CT molecular complexity index is 628. The van der Waals surface area contributed by atoms with Gasteiger partial charge in [-0.25, -0.2) is 8.42 Å². The molecule has 0 unspecified atom stereocenters. The van der Waals surface area contributed by atoms with Gasteiger partial charge in [0.05, 0.1) is 10.5 Å². The van der Waals surface area contributed by atoms with Gasteiger partial charge < -0.3 is 5.73 Å². The first-order valence-corrected chi connectivity index (χ1v) is 13.0. The lowest BCUT2D eigenvalue weighted by Gasteiger charge is -2.18. The fourth-order valence-corrected chi connectivity index (χ4v) is 4.60. The van der Waals surface area contributed by atoms with Gasteiger partial charge in [0.15, 0.2) is 9.84 Å². The van der Waals surface area contributed by atoms with Crippen molar-refractivity contribution in [3.05, 3.63) is 29.8 Å². The molecule has 0 amide bonds. The summed E-state index contributed by atoms with van der Waals surface area (Å²) in [6, 6.07) is 8.83. The zero-order chi connectivity index (χ0) is 21.0. The quantitative estimate of drug-likeness (QED) is 0.397. The molecule has 1 aliphatic carbocycles. The lowest BCUT2D eigenvalue weighted by atomic mass is 9.97. The van der Waals surface area contributed by atoms with Crippen molar-refractivity contribution in [2.24, 2.45) is 5.73 Å². The summed E-state index contributed by atoms with van der Waals surface area (Å²) in [6.45, 7) is 5.33. The number of aryl methyl sites for hydroxylation is 1. The van der Waals surface area contributed by atoms with Gasteiger partial charge in [-0.2, -0.15) is 0 Å². The standard InChI is InChI=1S/C17H28O2S2.C6H13N/c1-17(2,3)21(18,19)14-8-6-4-5-7-9-15-10-12-16(20)13-11-15;7-6-4-2-1-3-5-6/h10-13,20H,4-9,14H2,1-3H3;6H,1-5,7H2. The largest absolute Gasteiger partial charge is 0.328 e. The predicted octanol–water partition coefficient (Wildman–Crippen LogP) is 5.96. The van der Waals surface area contributed by atoms with E-state index >= 15 is 0 Å². The summed E-state index contributed by atoms with van der Waals surface area (Å²) < 4.78 is 23.3. The van der Waals surface area contributed by atoms with Gasteiger partial charge in [0, 0.05) is 10.9 Å². The Kier molecular flexibility index (Phi) is 11.8. The summed E-state index contributed by atoms with van der Waals surface area (Å²) in [7, 11) is -2.94. The van der Waals surface area contributed by atoms with Gasteiger partial charge in [0.25, 0.3) is 0 Å². The van der Waals surface area contributed by atoms with E-state index in [2.05, 4.69) is 24.8 Å². The molecule has 2 rings (SSSR count). The van der Waals surface area contributed by atoms with Crippen LogP contribution in [0.25, 0.3) is 0 Å². The highest BCUT2D eigenvalue weighted by atomic mass is 32.2. The zero-order valence-electron chi connectivity index (χ0n) is 18.1. The Morgan fingerprint density at radius 3 is 1.96 bits per heavy atom. The smallest absolute Gasteiger partial charge is 0.155 e. The summed E-state index contributed by atoms with van der Waals surface area (Å²) in [5, 5.41) is 0.